The van der Waals surface area contributed by atoms with Gasteiger partial charge >= 0.3 is 0 Å². The molecule has 0 fully saturated rings. The Labute approximate surface area is 134 Å². The molecule has 0 radical (unpaired) electrons. The van der Waals surface area contributed by atoms with Crippen molar-refractivity contribution in [3.63, 3.8) is 0 Å². The van der Waals surface area contributed by atoms with Gasteiger partial charge in [0.15, 0.2) is 0 Å². The number of rotatable bonds is 5. The van der Waals surface area contributed by atoms with Crippen LogP contribution in [0.1, 0.15) is 32.2 Å². The van der Waals surface area contributed by atoms with Crippen molar-refractivity contribution in [1.29, 1.82) is 0 Å². The molecule has 0 aliphatic carbocycles. The molecule has 0 atom stereocenters. The third-order valence-corrected chi connectivity index (χ3v) is 3.72. The van der Waals surface area contributed by atoms with E-state index >= 15 is 0 Å². The molecule has 1 heterocycles. The average Bonchev–Trinajstić information content (AvgIpc) is 2.80. The first-order chi connectivity index (χ1) is 9.85. The van der Waals surface area contributed by atoms with Gasteiger partial charge in [0.2, 0.25) is 0 Å². The van der Waals surface area contributed by atoms with Crippen LogP contribution >= 0.6 is 15.9 Å². The van der Waals surface area contributed by atoms with Crippen molar-refractivity contribution in [3.8, 4) is 5.75 Å². The summed E-state index contributed by atoms with van der Waals surface area (Å²) in [5.74, 6) is 1.73. The van der Waals surface area contributed by atoms with Gasteiger partial charge in [0, 0.05) is 31.5 Å². The molecular weight excluding hydrogens is 330 g/mol. The maximum Gasteiger partial charge on any atom is 0.146 e. The van der Waals surface area contributed by atoms with Crippen LogP contribution in [0.5, 0.6) is 5.75 Å². The Morgan fingerprint density at radius 1 is 1.33 bits per heavy atom. The number of nitrogens with zero attached hydrogens (tertiary/aromatic N) is 2. The number of aromatic nitrogens is 2. The van der Waals surface area contributed by atoms with Crippen LogP contribution in [0.3, 0.4) is 0 Å². The maximum absolute atomic E-state index is 5.81. The highest BCUT2D eigenvalue weighted by atomic mass is 79.9. The SMILES string of the molecule is Cn1ccnc1COc1ccc(CNC(C)(C)C)cc1Br. The summed E-state index contributed by atoms with van der Waals surface area (Å²) < 4.78 is 8.73. The molecule has 0 aliphatic rings. The van der Waals surface area contributed by atoms with Gasteiger partial charge in [-0.3, -0.25) is 0 Å². The highest BCUT2D eigenvalue weighted by Crippen LogP contribution is 2.26. The van der Waals surface area contributed by atoms with Crippen LogP contribution in [0.25, 0.3) is 0 Å². The summed E-state index contributed by atoms with van der Waals surface area (Å²) in [5.41, 5.74) is 1.33. The molecular formula is C16H22BrN3O. The summed E-state index contributed by atoms with van der Waals surface area (Å²) in [6.07, 6.45) is 3.68. The van der Waals surface area contributed by atoms with Crippen LogP contribution < -0.4 is 10.1 Å². The molecule has 5 heteroatoms. The lowest BCUT2D eigenvalue weighted by Crippen LogP contribution is -2.35. The Kier molecular flexibility index (Phi) is 5.06. The van der Waals surface area contributed by atoms with Crippen molar-refractivity contribution in [3.05, 3.63) is 46.5 Å². The quantitative estimate of drug-likeness (QED) is 0.893. The zero-order valence-corrected chi connectivity index (χ0v) is 14.6. The molecule has 0 saturated heterocycles. The summed E-state index contributed by atoms with van der Waals surface area (Å²) >= 11 is 3.57. The van der Waals surface area contributed by atoms with Gasteiger partial charge in [-0.25, -0.2) is 4.98 Å². The Balaban J connectivity index is 1.97. The molecule has 0 unspecified atom stereocenters. The summed E-state index contributed by atoms with van der Waals surface area (Å²) in [6.45, 7) is 7.77. The lowest BCUT2D eigenvalue weighted by Gasteiger charge is -2.20. The third kappa shape index (κ3) is 4.86. The van der Waals surface area contributed by atoms with E-state index in [1.165, 1.54) is 5.56 Å². The summed E-state index contributed by atoms with van der Waals surface area (Å²) in [5, 5.41) is 3.47. The first-order valence-corrected chi connectivity index (χ1v) is 7.77. The fraction of sp³-hybridized carbons (Fsp3) is 0.438. The van der Waals surface area contributed by atoms with Gasteiger partial charge in [-0.2, -0.15) is 0 Å². The monoisotopic (exact) mass is 351 g/mol. The lowest BCUT2D eigenvalue weighted by atomic mass is 10.1. The third-order valence-electron chi connectivity index (χ3n) is 3.10. The Hall–Kier alpha value is -1.33. The largest absolute Gasteiger partial charge is 0.485 e. The highest BCUT2D eigenvalue weighted by molar-refractivity contribution is 9.10. The molecule has 1 aromatic carbocycles. The van der Waals surface area contributed by atoms with Crippen molar-refractivity contribution in [2.24, 2.45) is 7.05 Å². The van der Waals surface area contributed by atoms with Crippen LogP contribution in [0.4, 0.5) is 0 Å². The standard InChI is InChI=1S/C16H22BrN3O/c1-16(2,3)19-10-12-5-6-14(13(17)9-12)21-11-15-18-7-8-20(15)4/h5-9,19H,10-11H2,1-4H3. The number of benzene rings is 1. The number of nitrogens with one attached hydrogen (secondary N) is 1. The smallest absolute Gasteiger partial charge is 0.146 e. The maximum atomic E-state index is 5.81. The van der Waals surface area contributed by atoms with Gasteiger partial charge in [0.25, 0.3) is 0 Å². The molecule has 0 bridgehead atoms. The minimum atomic E-state index is 0.111. The minimum Gasteiger partial charge on any atom is -0.485 e. The summed E-state index contributed by atoms with van der Waals surface area (Å²) in [4.78, 5) is 4.25. The molecule has 2 rings (SSSR count). The van der Waals surface area contributed by atoms with Gasteiger partial charge in [-0.15, -0.1) is 0 Å². The summed E-state index contributed by atoms with van der Waals surface area (Å²) in [6, 6.07) is 6.16. The molecule has 2 aromatic rings. The number of imidazole rings is 1. The molecule has 4 nitrogen and oxygen atoms in total. The van der Waals surface area contributed by atoms with Crippen LogP contribution in [-0.4, -0.2) is 15.1 Å². The number of ether oxygens (including phenoxy) is 1. The topological polar surface area (TPSA) is 39.1 Å². The van der Waals surface area contributed by atoms with Gasteiger partial charge in [0.05, 0.1) is 4.47 Å². The second-order valence-electron chi connectivity index (χ2n) is 6.11. The first kappa shape index (κ1) is 16.0. The molecule has 1 aromatic heterocycles. The van der Waals surface area contributed by atoms with Crippen molar-refractivity contribution in [1.82, 2.24) is 14.9 Å². The lowest BCUT2D eigenvalue weighted by molar-refractivity contribution is 0.290. The Bertz CT molecular complexity index is 602. The van der Waals surface area contributed by atoms with E-state index in [0.29, 0.717) is 6.61 Å². The number of halogens is 1. The van der Waals surface area contributed by atoms with Gasteiger partial charge < -0.3 is 14.6 Å². The second-order valence-corrected chi connectivity index (χ2v) is 6.97. The van der Waals surface area contributed by atoms with Gasteiger partial charge in [0.1, 0.15) is 18.2 Å². The van der Waals surface area contributed by atoms with Gasteiger partial charge in [-0.05, 0) is 54.4 Å². The van der Waals surface area contributed by atoms with E-state index in [2.05, 4.69) is 59.1 Å². The van der Waals surface area contributed by atoms with Crippen LogP contribution in [0.15, 0.2) is 35.1 Å². The normalized spacial score (nSPS) is 11.7. The van der Waals surface area contributed by atoms with E-state index in [0.717, 1.165) is 22.6 Å². The van der Waals surface area contributed by atoms with Crippen LogP contribution in [0, 0.1) is 0 Å². The van der Waals surface area contributed by atoms with Crippen molar-refractivity contribution in [2.45, 2.75) is 39.5 Å². The van der Waals surface area contributed by atoms with E-state index in [4.69, 9.17) is 4.74 Å². The minimum absolute atomic E-state index is 0.111. The van der Waals surface area contributed by atoms with E-state index in [1.54, 1.807) is 6.20 Å². The molecule has 0 aliphatic heterocycles. The fourth-order valence-corrected chi connectivity index (χ4v) is 2.36. The predicted molar refractivity (Wildman–Crippen MR) is 88.3 cm³/mol. The van der Waals surface area contributed by atoms with E-state index in [1.807, 2.05) is 23.9 Å². The second kappa shape index (κ2) is 6.62. The number of hydrogen-bond acceptors (Lipinski definition) is 3. The summed E-state index contributed by atoms with van der Waals surface area (Å²) in [7, 11) is 1.96. The molecule has 114 valence electrons. The van der Waals surface area contributed by atoms with E-state index in [-0.39, 0.29) is 5.54 Å². The van der Waals surface area contributed by atoms with Crippen molar-refractivity contribution in [2.75, 3.05) is 0 Å². The molecule has 1 N–H and O–H groups in total. The Morgan fingerprint density at radius 3 is 2.67 bits per heavy atom. The predicted octanol–water partition coefficient (Wildman–Crippen LogP) is 3.65. The zero-order chi connectivity index (χ0) is 15.5. The number of aryl methyl sites for hydroxylation is 1. The molecule has 0 saturated carbocycles. The van der Waals surface area contributed by atoms with Crippen LogP contribution in [-0.2, 0) is 20.2 Å². The molecule has 0 spiro atoms. The first-order valence-electron chi connectivity index (χ1n) is 6.97. The van der Waals surface area contributed by atoms with E-state index < -0.39 is 0 Å². The number of hydrogen-bond donors (Lipinski definition) is 1. The van der Waals surface area contributed by atoms with Crippen molar-refractivity contribution >= 4 is 15.9 Å². The molecule has 0 amide bonds. The van der Waals surface area contributed by atoms with Gasteiger partial charge in [-0.1, -0.05) is 6.07 Å². The van der Waals surface area contributed by atoms with Crippen molar-refractivity contribution < 1.29 is 4.74 Å². The van der Waals surface area contributed by atoms with E-state index in [9.17, 15) is 0 Å². The van der Waals surface area contributed by atoms with Crippen LogP contribution in [0.2, 0.25) is 0 Å². The fourth-order valence-electron chi connectivity index (χ4n) is 1.82. The zero-order valence-electron chi connectivity index (χ0n) is 13.0. The molecule has 21 heavy (non-hydrogen) atoms. The highest BCUT2D eigenvalue weighted by Gasteiger charge is 2.10. The average molecular weight is 352 g/mol. The Morgan fingerprint density at radius 2 is 2.10 bits per heavy atom.